The average molecular weight is 308 g/mol. The van der Waals surface area contributed by atoms with E-state index in [2.05, 4.69) is 18.4 Å². The molecule has 2 aromatic carbocycles. The lowest BCUT2D eigenvalue weighted by atomic mass is 10.1. The summed E-state index contributed by atoms with van der Waals surface area (Å²) in [6.07, 6.45) is -3.15. The van der Waals surface area contributed by atoms with E-state index in [0.29, 0.717) is 0 Å². The second-order valence-corrected chi connectivity index (χ2v) is 4.39. The van der Waals surface area contributed by atoms with Gasteiger partial charge in [0.15, 0.2) is 0 Å². The highest BCUT2D eigenvalue weighted by Crippen LogP contribution is 2.29. The first-order chi connectivity index (χ1) is 10.3. The van der Waals surface area contributed by atoms with Crippen LogP contribution in [-0.2, 0) is 6.18 Å². The van der Waals surface area contributed by atoms with E-state index in [9.17, 15) is 22.0 Å². The summed E-state index contributed by atoms with van der Waals surface area (Å²) < 4.78 is 64.6. The normalized spacial score (nSPS) is 10.8. The zero-order valence-corrected chi connectivity index (χ0v) is 11.1. The van der Waals surface area contributed by atoms with Gasteiger partial charge in [-0.3, -0.25) is 0 Å². The molecule has 0 aromatic heterocycles. The fraction of sp³-hybridized carbons (Fsp3) is 0.0588. The molecule has 0 bridgehead atoms. The van der Waals surface area contributed by atoms with Crippen molar-refractivity contribution in [3.05, 3.63) is 76.9 Å². The van der Waals surface area contributed by atoms with E-state index in [1.807, 2.05) is 0 Å². The van der Waals surface area contributed by atoms with Gasteiger partial charge in [-0.2, -0.15) is 13.2 Å². The monoisotopic (exact) mass is 308 g/mol. The van der Waals surface area contributed by atoms with Gasteiger partial charge in [-0.25, -0.2) is 8.78 Å². The molecule has 0 aliphatic heterocycles. The Morgan fingerprint density at radius 2 is 1.45 bits per heavy atom. The van der Waals surface area contributed by atoms with Gasteiger partial charge in [0.1, 0.15) is 11.6 Å². The van der Waals surface area contributed by atoms with Crippen LogP contribution in [0, 0.1) is 23.5 Å². The standard InChI is InChI=1S/C17H9F5/c1-2-11-9-15(18)14(16(19)10-11)8-5-12-3-6-13(7-4-12)17(20,21)22/h2-4,6-7,9-10H,1H2. The molecule has 0 amide bonds. The molecule has 112 valence electrons. The number of hydrogen-bond acceptors (Lipinski definition) is 0. The smallest absolute Gasteiger partial charge is 0.205 e. The molecule has 22 heavy (non-hydrogen) atoms. The molecule has 0 fully saturated rings. The van der Waals surface area contributed by atoms with Crippen molar-refractivity contribution in [2.24, 2.45) is 0 Å². The molecule has 0 saturated carbocycles. The zero-order valence-electron chi connectivity index (χ0n) is 11.1. The Kier molecular flexibility index (Phi) is 4.32. The predicted octanol–water partition coefficient (Wildman–Crippen LogP) is 5.03. The first-order valence-corrected chi connectivity index (χ1v) is 6.12. The number of rotatable bonds is 1. The lowest BCUT2D eigenvalue weighted by Gasteiger charge is -2.05. The van der Waals surface area contributed by atoms with Gasteiger partial charge in [0.25, 0.3) is 0 Å². The molecule has 0 radical (unpaired) electrons. The summed E-state index contributed by atoms with van der Waals surface area (Å²) >= 11 is 0. The van der Waals surface area contributed by atoms with Crippen molar-refractivity contribution in [1.82, 2.24) is 0 Å². The third-order valence-electron chi connectivity index (χ3n) is 2.84. The van der Waals surface area contributed by atoms with Crippen LogP contribution in [0.1, 0.15) is 22.3 Å². The van der Waals surface area contributed by atoms with Gasteiger partial charge in [-0.15, -0.1) is 0 Å². The van der Waals surface area contributed by atoms with Crippen LogP contribution in [-0.4, -0.2) is 0 Å². The van der Waals surface area contributed by atoms with Crippen LogP contribution < -0.4 is 0 Å². The Balaban J connectivity index is 2.33. The minimum absolute atomic E-state index is 0.222. The van der Waals surface area contributed by atoms with Crippen molar-refractivity contribution in [1.29, 1.82) is 0 Å². The highest BCUT2D eigenvalue weighted by Gasteiger charge is 2.29. The van der Waals surface area contributed by atoms with Crippen LogP contribution in [0.4, 0.5) is 22.0 Å². The van der Waals surface area contributed by atoms with Gasteiger partial charge in [0, 0.05) is 5.56 Å². The number of hydrogen-bond donors (Lipinski definition) is 0. The third-order valence-corrected chi connectivity index (χ3v) is 2.84. The summed E-state index contributed by atoms with van der Waals surface area (Å²) in [4.78, 5) is 0. The van der Waals surface area contributed by atoms with Crippen molar-refractivity contribution in [2.75, 3.05) is 0 Å². The maximum Gasteiger partial charge on any atom is 0.416 e. The minimum atomic E-state index is -4.44. The quantitative estimate of drug-likeness (QED) is 0.512. The molecule has 0 aliphatic carbocycles. The van der Waals surface area contributed by atoms with E-state index in [4.69, 9.17) is 0 Å². The van der Waals surface area contributed by atoms with Crippen LogP contribution in [0.25, 0.3) is 6.08 Å². The average Bonchev–Trinajstić information content (AvgIpc) is 2.45. The van der Waals surface area contributed by atoms with Crippen LogP contribution in [0.2, 0.25) is 0 Å². The zero-order chi connectivity index (χ0) is 16.3. The molecule has 5 heteroatoms. The topological polar surface area (TPSA) is 0 Å². The first kappa shape index (κ1) is 15.8. The summed E-state index contributed by atoms with van der Waals surface area (Å²) in [6, 6.07) is 6.16. The molecule has 0 heterocycles. The predicted molar refractivity (Wildman–Crippen MR) is 73.9 cm³/mol. The van der Waals surface area contributed by atoms with Crippen LogP contribution >= 0.6 is 0 Å². The maximum atomic E-state index is 13.7. The van der Waals surface area contributed by atoms with E-state index in [1.165, 1.54) is 6.08 Å². The van der Waals surface area contributed by atoms with Gasteiger partial charge >= 0.3 is 6.18 Å². The van der Waals surface area contributed by atoms with Gasteiger partial charge in [0.05, 0.1) is 11.1 Å². The van der Waals surface area contributed by atoms with Crippen molar-refractivity contribution >= 4 is 6.08 Å². The SMILES string of the molecule is C=Cc1cc(F)c(C#Cc2ccc(C(F)(F)F)cc2)c(F)c1. The molecule has 0 nitrogen and oxygen atoms in total. The second kappa shape index (κ2) is 6.02. The molecular weight excluding hydrogens is 299 g/mol. The number of benzene rings is 2. The summed E-state index contributed by atoms with van der Waals surface area (Å²) in [6.45, 7) is 3.40. The highest BCUT2D eigenvalue weighted by atomic mass is 19.4. The molecular formula is C17H9F5. The van der Waals surface area contributed by atoms with E-state index in [-0.39, 0.29) is 11.1 Å². The molecule has 0 saturated heterocycles. The van der Waals surface area contributed by atoms with Crippen LogP contribution in [0.15, 0.2) is 43.0 Å². The Morgan fingerprint density at radius 3 is 1.91 bits per heavy atom. The molecule has 2 aromatic rings. The Morgan fingerprint density at radius 1 is 0.909 bits per heavy atom. The van der Waals surface area contributed by atoms with E-state index >= 15 is 0 Å². The van der Waals surface area contributed by atoms with Gasteiger partial charge in [0.2, 0.25) is 0 Å². The summed E-state index contributed by atoms with van der Waals surface area (Å²) in [7, 11) is 0. The van der Waals surface area contributed by atoms with Crippen LogP contribution in [0.3, 0.4) is 0 Å². The largest absolute Gasteiger partial charge is 0.416 e. The summed E-state index contributed by atoms with van der Waals surface area (Å²) in [5.41, 5.74) is -0.758. The van der Waals surface area contributed by atoms with Gasteiger partial charge in [-0.1, -0.05) is 24.5 Å². The molecule has 0 spiro atoms. The van der Waals surface area contributed by atoms with Crippen LogP contribution in [0.5, 0.6) is 0 Å². The number of halogens is 5. The third kappa shape index (κ3) is 3.53. The Labute approximate surface area is 123 Å². The highest BCUT2D eigenvalue weighted by molar-refractivity contribution is 5.52. The molecule has 0 N–H and O–H groups in total. The minimum Gasteiger partial charge on any atom is -0.205 e. The van der Waals surface area contributed by atoms with E-state index < -0.39 is 28.9 Å². The second-order valence-electron chi connectivity index (χ2n) is 4.39. The fourth-order valence-corrected chi connectivity index (χ4v) is 1.71. The lowest BCUT2D eigenvalue weighted by Crippen LogP contribution is -2.04. The maximum absolute atomic E-state index is 13.7. The summed E-state index contributed by atoms with van der Waals surface area (Å²) in [5, 5.41) is 0. The first-order valence-electron chi connectivity index (χ1n) is 6.12. The molecule has 0 atom stereocenters. The molecule has 0 unspecified atom stereocenters. The number of alkyl halides is 3. The molecule has 2 rings (SSSR count). The van der Waals surface area contributed by atoms with Crippen molar-refractivity contribution < 1.29 is 22.0 Å². The van der Waals surface area contributed by atoms with E-state index in [0.717, 1.165) is 36.4 Å². The van der Waals surface area contributed by atoms with Gasteiger partial charge in [-0.05, 0) is 42.0 Å². The fourth-order valence-electron chi connectivity index (χ4n) is 1.71. The Hall–Kier alpha value is -2.61. The summed E-state index contributed by atoms with van der Waals surface area (Å²) in [5.74, 6) is 3.02. The van der Waals surface area contributed by atoms with Crippen molar-refractivity contribution in [3.63, 3.8) is 0 Å². The molecule has 0 aliphatic rings. The van der Waals surface area contributed by atoms with Gasteiger partial charge < -0.3 is 0 Å². The Bertz CT molecular complexity index is 735. The van der Waals surface area contributed by atoms with Crippen molar-refractivity contribution in [3.8, 4) is 11.8 Å². The van der Waals surface area contributed by atoms with Crippen molar-refractivity contribution in [2.45, 2.75) is 6.18 Å². The lowest BCUT2D eigenvalue weighted by molar-refractivity contribution is -0.137. The van der Waals surface area contributed by atoms with E-state index in [1.54, 1.807) is 0 Å².